The molecule has 0 saturated heterocycles. The minimum Gasteiger partial charge on any atom is -0.459 e. The van der Waals surface area contributed by atoms with E-state index in [1.165, 1.54) is 12.1 Å². The zero-order valence-corrected chi connectivity index (χ0v) is 22.5. The van der Waals surface area contributed by atoms with Gasteiger partial charge in [0.25, 0.3) is 0 Å². The first-order valence-corrected chi connectivity index (χ1v) is 13.1. The maximum Gasteiger partial charge on any atom is 0.408 e. The van der Waals surface area contributed by atoms with Crippen molar-refractivity contribution in [2.75, 3.05) is 6.54 Å². The van der Waals surface area contributed by atoms with Crippen LogP contribution in [0, 0.1) is 12.7 Å². The number of esters is 1. The Kier molecular flexibility index (Phi) is 10.0. The Bertz CT molecular complexity index is 1410. The molecule has 4 aromatic rings. The van der Waals surface area contributed by atoms with Crippen molar-refractivity contribution in [1.82, 2.24) is 15.8 Å². The number of amides is 1. The number of ether oxygens (including phenoxy) is 2. The molecule has 1 heterocycles. The highest BCUT2D eigenvalue weighted by atomic mass is 19.1. The van der Waals surface area contributed by atoms with Crippen LogP contribution in [-0.2, 0) is 40.4 Å². The van der Waals surface area contributed by atoms with E-state index in [1.807, 2.05) is 73.7 Å². The number of nitrogens with zero attached hydrogens (tertiary/aromatic N) is 1. The molecule has 208 valence electrons. The second-order valence-electron chi connectivity index (χ2n) is 9.25. The molecule has 0 saturated carbocycles. The van der Waals surface area contributed by atoms with Crippen molar-refractivity contribution in [3.8, 4) is 11.1 Å². The average Bonchev–Trinajstić information content (AvgIpc) is 3.35. The lowest BCUT2D eigenvalue weighted by Gasteiger charge is -2.18. The Morgan fingerprint density at radius 2 is 1.57 bits per heavy atom. The average molecular weight is 546 g/mol. The van der Waals surface area contributed by atoms with E-state index in [9.17, 15) is 14.0 Å². The van der Waals surface area contributed by atoms with Crippen molar-refractivity contribution in [3.05, 3.63) is 113 Å². The molecule has 0 aliphatic carbocycles. The first-order chi connectivity index (χ1) is 19.4. The molecule has 2 N–H and O–H groups in total. The Balaban J connectivity index is 1.41. The number of carbonyl (C=O) groups excluding carboxylic acids is 2. The first kappa shape index (κ1) is 28.5. The third kappa shape index (κ3) is 8.00. The molecule has 0 spiro atoms. The monoisotopic (exact) mass is 545 g/mol. The van der Waals surface area contributed by atoms with Gasteiger partial charge in [-0.05, 0) is 53.8 Å². The second kappa shape index (κ2) is 14.0. The van der Waals surface area contributed by atoms with Crippen molar-refractivity contribution < 1.29 is 28.0 Å². The van der Waals surface area contributed by atoms with Gasteiger partial charge in [-0.1, -0.05) is 72.7 Å². The van der Waals surface area contributed by atoms with Crippen LogP contribution in [0.5, 0.6) is 0 Å². The summed E-state index contributed by atoms with van der Waals surface area (Å²) in [4.78, 5) is 25.4. The van der Waals surface area contributed by atoms with Crippen LogP contribution < -0.4 is 10.6 Å². The maximum absolute atomic E-state index is 14.5. The topological polar surface area (TPSA) is 103 Å². The summed E-state index contributed by atoms with van der Waals surface area (Å²) in [5.41, 5.74) is 4.47. The van der Waals surface area contributed by atoms with Gasteiger partial charge in [-0.2, -0.15) is 0 Å². The molecule has 0 unspecified atom stereocenters. The molecule has 3 aromatic carbocycles. The lowest BCUT2D eigenvalue weighted by atomic mass is 10.00. The molecule has 1 amide bonds. The quantitative estimate of drug-likeness (QED) is 0.227. The minimum atomic E-state index is -1.04. The van der Waals surface area contributed by atoms with Gasteiger partial charge in [-0.15, -0.1) is 0 Å². The predicted molar refractivity (Wildman–Crippen MR) is 148 cm³/mol. The number of hydrogen-bond acceptors (Lipinski definition) is 7. The third-order valence-electron chi connectivity index (χ3n) is 6.21. The summed E-state index contributed by atoms with van der Waals surface area (Å²) < 4.78 is 30.6. The summed E-state index contributed by atoms with van der Waals surface area (Å²) in [5, 5.41) is 9.77. The van der Waals surface area contributed by atoms with Gasteiger partial charge in [0.05, 0.1) is 5.69 Å². The molecule has 8 nitrogen and oxygen atoms in total. The molecule has 1 aromatic heterocycles. The number of aryl methyl sites for hydroxylation is 2. The SMILES string of the molecule is CCc1noc(C)c1-c1cc(F)cc(CNC[C@@H](NC(=O)OCc2ccccc2)C(=O)OCc2ccccc2)c1. The van der Waals surface area contributed by atoms with Crippen molar-refractivity contribution >= 4 is 12.1 Å². The van der Waals surface area contributed by atoms with Crippen LogP contribution in [0.1, 0.15) is 35.1 Å². The number of aromatic nitrogens is 1. The van der Waals surface area contributed by atoms with Crippen molar-refractivity contribution in [3.63, 3.8) is 0 Å². The molecule has 0 radical (unpaired) electrons. The van der Waals surface area contributed by atoms with E-state index < -0.39 is 23.9 Å². The summed E-state index contributed by atoms with van der Waals surface area (Å²) in [6.45, 7) is 4.13. The molecular formula is C31H32FN3O5. The number of hydrogen-bond donors (Lipinski definition) is 2. The number of halogens is 1. The molecule has 0 aliphatic rings. The Hall–Kier alpha value is -4.50. The van der Waals surface area contributed by atoms with Gasteiger partial charge < -0.3 is 24.6 Å². The molecule has 0 bridgehead atoms. The summed E-state index contributed by atoms with van der Waals surface area (Å²) in [6.07, 6.45) is -0.106. The lowest BCUT2D eigenvalue weighted by molar-refractivity contribution is -0.147. The number of carbonyl (C=O) groups is 2. The third-order valence-corrected chi connectivity index (χ3v) is 6.21. The van der Waals surface area contributed by atoms with Crippen LogP contribution in [0.2, 0.25) is 0 Å². The fourth-order valence-electron chi connectivity index (χ4n) is 4.22. The van der Waals surface area contributed by atoms with E-state index in [4.69, 9.17) is 14.0 Å². The number of benzene rings is 3. The van der Waals surface area contributed by atoms with Crippen molar-refractivity contribution in [1.29, 1.82) is 0 Å². The highest BCUT2D eigenvalue weighted by molar-refractivity contribution is 5.81. The zero-order chi connectivity index (χ0) is 28.3. The standard InChI is InChI=1S/C31H32FN3O5/c1-3-27-29(21(2)40-35-27)25-14-24(15-26(32)16-25)17-33-18-28(30(36)38-19-22-10-6-4-7-11-22)34-31(37)39-20-23-12-8-5-9-13-23/h4-16,28,33H,3,17-20H2,1-2H3,(H,34,37)/t28-/m1/s1. The van der Waals surface area contributed by atoms with Gasteiger partial charge in [0.1, 0.15) is 30.8 Å². The molecule has 0 fully saturated rings. The Morgan fingerprint density at radius 1 is 0.925 bits per heavy atom. The molecule has 0 aliphatic heterocycles. The highest BCUT2D eigenvalue weighted by Crippen LogP contribution is 2.29. The van der Waals surface area contributed by atoms with E-state index in [2.05, 4.69) is 15.8 Å². The minimum absolute atomic E-state index is 0.0341. The van der Waals surface area contributed by atoms with Gasteiger partial charge >= 0.3 is 12.1 Å². The molecule has 9 heteroatoms. The van der Waals surface area contributed by atoms with Gasteiger partial charge in [-0.3, -0.25) is 0 Å². The number of rotatable bonds is 12. The predicted octanol–water partition coefficient (Wildman–Crippen LogP) is 5.48. The van der Waals surface area contributed by atoms with Crippen LogP contribution >= 0.6 is 0 Å². The summed E-state index contributed by atoms with van der Waals surface area (Å²) in [7, 11) is 0. The lowest BCUT2D eigenvalue weighted by Crippen LogP contribution is -2.48. The van der Waals surface area contributed by atoms with E-state index in [1.54, 1.807) is 6.92 Å². The first-order valence-electron chi connectivity index (χ1n) is 13.1. The fraction of sp³-hybridized carbons (Fsp3) is 0.258. The molecule has 40 heavy (non-hydrogen) atoms. The zero-order valence-electron chi connectivity index (χ0n) is 22.5. The summed E-state index contributed by atoms with van der Waals surface area (Å²) >= 11 is 0. The van der Waals surface area contributed by atoms with Gasteiger partial charge in [0.2, 0.25) is 0 Å². The Labute approximate surface area is 232 Å². The van der Waals surface area contributed by atoms with Gasteiger partial charge in [0.15, 0.2) is 0 Å². The Morgan fingerprint density at radius 3 is 2.23 bits per heavy atom. The van der Waals surface area contributed by atoms with E-state index >= 15 is 0 Å². The van der Waals surface area contributed by atoms with Crippen LogP contribution in [0.15, 0.2) is 83.4 Å². The normalized spacial score (nSPS) is 11.6. The smallest absolute Gasteiger partial charge is 0.408 e. The van der Waals surface area contributed by atoms with Crippen LogP contribution in [-0.4, -0.2) is 29.8 Å². The van der Waals surface area contributed by atoms with Crippen molar-refractivity contribution in [2.45, 2.75) is 46.1 Å². The molecule has 1 atom stereocenters. The van der Waals surface area contributed by atoms with Crippen molar-refractivity contribution in [2.24, 2.45) is 0 Å². The molecular weight excluding hydrogens is 513 g/mol. The summed E-state index contributed by atoms with van der Waals surface area (Å²) in [5.74, 6) is -0.417. The summed E-state index contributed by atoms with van der Waals surface area (Å²) in [6, 6.07) is 22.1. The largest absolute Gasteiger partial charge is 0.459 e. The second-order valence-corrected chi connectivity index (χ2v) is 9.25. The van der Waals surface area contributed by atoms with Crippen LogP contribution in [0.3, 0.4) is 0 Å². The fourth-order valence-corrected chi connectivity index (χ4v) is 4.22. The van der Waals surface area contributed by atoms with E-state index in [0.29, 0.717) is 23.3 Å². The maximum atomic E-state index is 14.5. The van der Waals surface area contributed by atoms with Crippen LogP contribution in [0.4, 0.5) is 9.18 Å². The highest BCUT2D eigenvalue weighted by Gasteiger charge is 2.23. The number of nitrogens with one attached hydrogen (secondary N) is 2. The van der Waals surface area contributed by atoms with Gasteiger partial charge in [0, 0.05) is 18.7 Å². The number of alkyl carbamates (subject to hydrolysis) is 1. The van der Waals surface area contributed by atoms with Gasteiger partial charge in [-0.25, -0.2) is 14.0 Å². The van der Waals surface area contributed by atoms with E-state index in [-0.39, 0.29) is 26.3 Å². The van der Waals surface area contributed by atoms with Crippen LogP contribution in [0.25, 0.3) is 11.1 Å². The molecule has 4 rings (SSSR count). The van der Waals surface area contributed by atoms with E-state index in [0.717, 1.165) is 22.4 Å².